The molecule has 1 saturated heterocycles. The van der Waals surface area contributed by atoms with E-state index in [2.05, 4.69) is 15.6 Å². The van der Waals surface area contributed by atoms with Crippen molar-refractivity contribution in [3.8, 4) is 0 Å². The van der Waals surface area contributed by atoms with Gasteiger partial charge in [-0.1, -0.05) is 52.3 Å². The van der Waals surface area contributed by atoms with Crippen molar-refractivity contribution in [3.63, 3.8) is 0 Å². The number of hydrogen-bond acceptors (Lipinski definition) is 5. The molecule has 1 aromatic carbocycles. The van der Waals surface area contributed by atoms with E-state index in [0.717, 1.165) is 16.5 Å². The molecule has 3 amide bonds. The molecule has 0 radical (unpaired) electrons. The molecule has 202 valence electrons. The minimum Gasteiger partial charge on any atom is -0.480 e. The zero-order valence-corrected chi connectivity index (χ0v) is 22.0. The number of aromatic amines is 1. The van der Waals surface area contributed by atoms with E-state index in [1.807, 2.05) is 44.3 Å². The normalized spacial score (nSPS) is 18.9. The van der Waals surface area contributed by atoms with E-state index in [0.29, 0.717) is 32.2 Å². The number of fused-ring (bicyclic) bond motifs is 1. The number of benzene rings is 1. The molecule has 10 nitrogen and oxygen atoms in total. The number of aliphatic carboxylic acids is 1. The lowest BCUT2D eigenvalue weighted by molar-refractivity contribution is -0.144. The van der Waals surface area contributed by atoms with Crippen LogP contribution in [0.15, 0.2) is 30.5 Å². The number of likely N-dealkylation sites (tertiary alicyclic amines) is 1. The van der Waals surface area contributed by atoms with Gasteiger partial charge in [0.25, 0.3) is 0 Å². The molecule has 6 N–H and O–H groups in total. The summed E-state index contributed by atoms with van der Waals surface area (Å²) >= 11 is 0. The maximum Gasteiger partial charge on any atom is 0.326 e. The number of aromatic nitrogens is 1. The summed E-state index contributed by atoms with van der Waals surface area (Å²) in [7, 11) is 0. The zero-order valence-electron chi connectivity index (χ0n) is 22.0. The lowest BCUT2D eigenvalue weighted by atomic mass is 9.96. The number of amides is 3. The number of nitrogens with one attached hydrogen (secondary N) is 3. The summed E-state index contributed by atoms with van der Waals surface area (Å²) in [6.07, 6.45) is 3.90. The Labute approximate surface area is 217 Å². The molecule has 1 aliphatic heterocycles. The van der Waals surface area contributed by atoms with E-state index in [9.17, 15) is 24.3 Å². The summed E-state index contributed by atoms with van der Waals surface area (Å²) in [4.78, 5) is 55.9. The van der Waals surface area contributed by atoms with Gasteiger partial charge in [-0.2, -0.15) is 0 Å². The Balaban J connectivity index is 1.70. The predicted molar refractivity (Wildman–Crippen MR) is 141 cm³/mol. The Hall–Kier alpha value is -3.40. The van der Waals surface area contributed by atoms with Gasteiger partial charge in [0, 0.05) is 23.6 Å². The Bertz CT molecular complexity index is 1130. The van der Waals surface area contributed by atoms with Crippen LogP contribution in [0.5, 0.6) is 0 Å². The molecule has 5 unspecified atom stereocenters. The van der Waals surface area contributed by atoms with Gasteiger partial charge in [-0.3, -0.25) is 14.4 Å². The average Bonchev–Trinajstić information content (AvgIpc) is 3.52. The lowest BCUT2D eigenvalue weighted by Crippen LogP contribution is -2.58. The van der Waals surface area contributed by atoms with Crippen LogP contribution in [0.3, 0.4) is 0 Å². The Morgan fingerprint density at radius 2 is 1.84 bits per heavy atom. The SMILES string of the molecule is CCC(C)C(NC(=O)C1CCCN1C(=O)C(N)Cc1c[nH]c2ccccc12)C(=O)NC(C(=O)O)C(C)C. The molecule has 1 aliphatic rings. The van der Waals surface area contributed by atoms with Crippen LogP contribution in [0.25, 0.3) is 10.9 Å². The number of para-hydroxylation sites is 1. The lowest BCUT2D eigenvalue weighted by Gasteiger charge is -2.30. The summed E-state index contributed by atoms with van der Waals surface area (Å²) in [6.45, 7) is 7.54. The van der Waals surface area contributed by atoms with Crippen LogP contribution in [-0.4, -0.2) is 69.4 Å². The van der Waals surface area contributed by atoms with Gasteiger partial charge in [-0.15, -0.1) is 0 Å². The molecule has 37 heavy (non-hydrogen) atoms. The summed E-state index contributed by atoms with van der Waals surface area (Å²) in [5.41, 5.74) is 8.21. The molecule has 0 bridgehead atoms. The van der Waals surface area contributed by atoms with Crippen LogP contribution in [0, 0.1) is 11.8 Å². The summed E-state index contributed by atoms with van der Waals surface area (Å²) < 4.78 is 0. The molecule has 0 aliphatic carbocycles. The van der Waals surface area contributed by atoms with Crippen LogP contribution in [0.2, 0.25) is 0 Å². The summed E-state index contributed by atoms with van der Waals surface area (Å²) in [6, 6.07) is 4.24. The molecule has 1 aromatic heterocycles. The largest absolute Gasteiger partial charge is 0.480 e. The molecule has 0 saturated carbocycles. The van der Waals surface area contributed by atoms with Crippen LogP contribution in [0.4, 0.5) is 0 Å². The minimum absolute atomic E-state index is 0.236. The first-order chi connectivity index (χ1) is 17.5. The number of carboxylic acid groups (broad SMARTS) is 1. The van der Waals surface area contributed by atoms with Crippen molar-refractivity contribution in [2.24, 2.45) is 17.6 Å². The average molecular weight is 514 g/mol. The van der Waals surface area contributed by atoms with Crippen molar-refractivity contribution in [2.45, 2.75) is 77.5 Å². The van der Waals surface area contributed by atoms with E-state index in [1.54, 1.807) is 13.8 Å². The Kier molecular flexibility index (Phi) is 9.31. The van der Waals surface area contributed by atoms with Crippen molar-refractivity contribution in [1.29, 1.82) is 0 Å². The van der Waals surface area contributed by atoms with Crippen molar-refractivity contribution in [1.82, 2.24) is 20.5 Å². The summed E-state index contributed by atoms with van der Waals surface area (Å²) in [5.74, 6) is -2.97. The second-order valence-corrected chi connectivity index (χ2v) is 10.3. The molecule has 0 spiro atoms. The quantitative estimate of drug-likeness (QED) is 0.308. The van der Waals surface area contributed by atoms with Gasteiger partial charge in [0.2, 0.25) is 17.7 Å². The first-order valence-electron chi connectivity index (χ1n) is 13.0. The van der Waals surface area contributed by atoms with Gasteiger partial charge in [0.1, 0.15) is 18.1 Å². The monoisotopic (exact) mass is 513 g/mol. The Morgan fingerprint density at radius 1 is 1.14 bits per heavy atom. The van der Waals surface area contributed by atoms with Gasteiger partial charge in [0.05, 0.1) is 6.04 Å². The zero-order chi connectivity index (χ0) is 27.3. The first kappa shape index (κ1) is 28.2. The topological polar surface area (TPSA) is 158 Å². The third kappa shape index (κ3) is 6.49. The highest BCUT2D eigenvalue weighted by molar-refractivity contribution is 5.95. The molecular weight excluding hydrogens is 474 g/mol. The first-order valence-corrected chi connectivity index (χ1v) is 13.0. The number of nitrogens with zero attached hydrogens (tertiary/aromatic N) is 1. The van der Waals surface area contributed by atoms with Gasteiger partial charge < -0.3 is 31.4 Å². The standard InChI is InChI=1S/C27H39N5O5/c1-5-16(4)23(25(34)30-22(15(2)3)27(36)37)31-24(33)21-11-8-12-32(21)26(35)19(28)13-17-14-29-20-10-7-6-9-18(17)20/h6-7,9-10,14-16,19,21-23,29H,5,8,11-13,28H2,1-4H3,(H,30,34)(H,31,33)(H,36,37). The highest BCUT2D eigenvalue weighted by atomic mass is 16.4. The van der Waals surface area contributed by atoms with Crippen molar-refractivity contribution in [3.05, 3.63) is 36.0 Å². The fraction of sp³-hybridized carbons (Fsp3) is 0.556. The smallest absolute Gasteiger partial charge is 0.326 e. The summed E-state index contributed by atoms with van der Waals surface area (Å²) in [5, 5.41) is 15.8. The predicted octanol–water partition coefficient (Wildman–Crippen LogP) is 1.79. The van der Waals surface area contributed by atoms with E-state index < -0.39 is 42.0 Å². The van der Waals surface area contributed by atoms with Crippen molar-refractivity contribution in [2.75, 3.05) is 6.54 Å². The minimum atomic E-state index is -1.13. The number of H-pyrrole nitrogens is 1. The number of carboxylic acids is 1. The third-order valence-corrected chi connectivity index (χ3v) is 7.29. The number of carbonyl (C=O) groups is 4. The number of hydrogen-bond donors (Lipinski definition) is 5. The molecule has 2 aromatic rings. The fourth-order valence-corrected chi connectivity index (χ4v) is 4.85. The van der Waals surface area contributed by atoms with Gasteiger partial charge >= 0.3 is 5.97 Å². The molecule has 10 heteroatoms. The number of carbonyl (C=O) groups excluding carboxylic acids is 3. The van der Waals surface area contributed by atoms with Crippen molar-refractivity contribution >= 4 is 34.6 Å². The van der Waals surface area contributed by atoms with E-state index >= 15 is 0 Å². The van der Waals surface area contributed by atoms with E-state index in [-0.39, 0.29) is 17.7 Å². The maximum atomic E-state index is 13.3. The molecule has 1 fully saturated rings. The van der Waals surface area contributed by atoms with Crippen LogP contribution in [-0.2, 0) is 25.6 Å². The van der Waals surface area contributed by atoms with Crippen molar-refractivity contribution < 1.29 is 24.3 Å². The van der Waals surface area contributed by atoms with Gasteiger partial charge in [-0.05, 0) is 42.7 Å². The Morgan fingerprint density at radius 3 is 2.49 bits per heavy atom. The molecule has 3 rings (SSSR count). The number of rotatable bonds is 11. The molecule has 2 heterocycles. The van der Waals surface area contributed by atoms with Gasteiger partial charge in [0.15, 0.2) is 0 Å². The van der Waals surface area contributed by atoms with Crippen LogP contribution in [0.1, 0.15) is 52.5 Å². The second kappa shape index (κ2) is 12.2. The molecular formula is C27H39N5O5. The van der Waals surface area contributed by atoms with Gasteiger partial charge in [-0.25, -0.2) is 4.79 Å². The van der Waals surface area contributed by atoms with Crippen LogP contribution < -0.4 is 16.4 Å². The van der Waals surface area contributed by atoms with E-state index in [1.165, 1.54) is 4.90 Å². The highest BCUT2D eigenvalue weighted by Gasteiger charge is 2.39. The van der Waals surface area contributed by atoms with Crippen LogP contribution >= 0.6 is 0 Å². The number of nitrogens with two attached hydrogens (primary N) is 1. The van der Waals surface area contributed by atoms with E-state index in [4.69, 9.17) is 5.73 Å². The highest BCUT2D eigenvalue weighted by Crippen LogP contribution is 2.23. The fourth-order valence-electron chi connectivity index (χ4n) is 4.85. The second-order valence-electron chi connectivity index (χ2n) is 10.3. The maximum absolute atomic E-state index is 13.3. The molecule has 5 atom stereocenters. The third-order valence-electron chi connectivity index (χ3n) is 7.29.